The molecule has 0 aliphatic carbocycles. The number of aromatic nitrogens is 2. The highest BCUT2D eigenvalue weighted by molar-refractivity contribution is 7.91. The van der Waals surface area contributed by atoms with Crippen LogP contribution in [0.25, 0.3) is 0 Å². The maximum atomic E-state index is 11.3. The molecular formula is C9H15ClN2O3S. The third-order valence-electron chi connectivity index (χ3n) is 2.40. The lowest BCUT2D eigenvalue weighted by Crippen LogP contribution is -2.15. The molecule has 92 valence electrons. The Morgan fingerprint density at radius 3 is 2.56 bits per heavy atom. The molecule has 0 radical (unpaired) electrons. The van der Waals surface area contributed by atoms with Crippen molar-refractivity contribution in [3.63, 3.8) is 0 Å². The molecule has 0 aliphatic rings. The average Bonchev–Trinajstić information content (AvgIpc) is 2.51. The highest BCUT2D eigenvalue weighted by Crippen LogP contribution is 2.19. The lowest BCUT2D eigenvalue weighted by atomic mass is 10.3. The average molecular weight is 267 g/mol. The summed E-state index contributed by atoms with van der Waals surface area (Å²) >= 11 is 5.95. The van der Waals surface area contributed by atoms with Crippen molar-refractivity contribution < 1.29 is 13.5 Å². The van der Waals surface area contributed by atoms with Crippen LogP contribution in [-0.2, 0) is 23.0 Å². The number of hydrogen-bond donors (Lipinski definition) is 1. The number of sulfone groups is 1. The minimum Gasteiger partial charge on any atom is -0.391 e. The lowest BCUT2D eigenvalue weighted by molar-refractivity contribution is 0.281. The third-order valence-corrected chi connectivity index (χ3v) is 4.50. The van der Waals surface area contributed by atoms with E-state index in [2.05, 4.69) is 5.10 Å². The predicted molar refractivity (Wildman–Crippen MR) is 62.2 cm³/mol. The van der Waals surface area contributed by atoms with Crippen LogP contribution in [0.4, 0.5) is 0 Å². The first-order valence-electron chi connectivity index (χ1n) is 4.94. The van der Waals surface area contributed by atoms with Gasteiger partial charge in [-0.1, -0.05) is 18.5 Å². The second-order valence-corrected chi connectivity index (χ2v) is 6.30. The summed E-state index contributed by atoms with van der Waals surface area (Å²) in [7, 11) is -3.03. The van der Waals surface area contributed by atoms with Crippen molar-refractivity contribution in [2.45, 2.75) is 27.0 Å². The third kappa shape index (κ3) is 2.96. The van der Waals surface area contributed by atoms with E-state index in [9.17, 15) is 8.42 Å². The van der Waals surface area contributed by atoms with Crippen molar-refractivity contribution >= 4 is 21.4 Å². The predicted octanol–water partition coefficient (Wildman–Crippen LogP) is 0.772. The van der Waals surface area contributed by atoms with Crippen LogP contribution in [0.3, 0.4) is 0 Å². The molecule has 0 aliphatic heterocycles. The molecular weight excluding hydrogens is 252 g/mol. The Morgan fingerprint density at radius 2 is 2.12 bits per heavy atom. The molecule has 1 aromatic rings. The van der Waals surface area contributed by atoms with Crippen molar-refractivity contribution in [2.75, 3.05) is 11.5 Å². The van der Waals surface area contributed by atoms with Crippen LogP contribution < -0.4 is 0 Å². The molecule has 5 nitrogen and oxygen atoms in total. The molecule has 0 bridgehead atoms. The molecule has 0 unspecified atom stereocenters. The number of nitrogens with zero attached hydrogens (tertiary/aromatic N) is 2. The summed E-state index contributed by atoms with van der Waals surface area (Å²) < 4.78 is 24.0. The van der Waals surface area contributed by atoms with Crippen molar-refractivity contribution in [1.82, 2.24) is 9.78 Å². The Morgan fingerprint density at radius 1 is 1.50 bits per heavy atom. The van der Waals surface area contributed by atoms with E-state index in [0.717, 1.165) is 0 Å². The molecule has 0 saturated carbocycles. The second kappa shape index (κ2) is 5.16. The van der Waals surface area contributed by atoms with Gasteiger partial charge in [-0.15, -0.1) is 0 Å². The smallest absolute Gasteiger partial charge is 0.151 e. The van der Waals surface area contributed by atoms with Gasteiger partial charge in [-0.05, 0) is 6.92 Å². The Hall–Kier alpha value is -0.590. The van der Waals surface area contributed by atoms with Crippen molar-refractivity contribution in [2.24, 2.45) is 0 Å². The molecule has 0 saturated heterocycles. The van der Waals surface area contributed by atoms with E-state index in [1.807, 2.05) is 0 Å². The van der Waals surface area contributed by atoms with E-state index < -0.39 is 9.84 Å². The van der Waals surface area contributed by atoms with Crippen LogP contribution in [0.2, 0.25) is 5.15 Å². The monoisotopic (exact) mass is 266 g/mol. The van der Waals surface area contributed by atoms with Crippen molar-refractivity contribution in [1.29, 1.82) is 0 Å². The van der Waals surface area contributed by atoms with E-state index in [4.69, 9.17) is 16.7 Å². The van der Waals surface area contributed by atoms with Gasteiger partial charge in [-0.25, -0.2) is 8.42 Å². The Bertz CT molecular complexity index is 467. The first kappa shape index (κ1) is 13.5. The van der Waals surface area contributed by atoms with E-state index >= 15 is 0 Å². The minimum atomic E-state index is -3.03. The first-order chi connectivity index (χ1) is 7.41. The summed E-state index contributed by atoms with van der Waals surface area (Å²) in [5.74, 6) is 0.118. The zero-order valence-electron chi connectivity index (χ0n) is 9.27. The van der Waals surface area contributed by atoms with Gasteiger partial charge in [0.2, 0.25) is 0 Å². The highest BCUT2D eigenvalue weighted by atomic mass is 35.5. The zero-order chi connectivity index (χ0) is 12.3. The minimum absolute atomic E-state index is 0.00914. The van der Waals surface area contributed by atoms with Gasteiger partial charge in [0.05, 0.1) is 24.6 Å². The zero-order valence-corrected chi connectivity index (χ0v) is 10.8. The van der Waals surface area contributed by atoms with E-state index in [1.165, 1.54) is 4.68 Å². The molecule has 7 heteroatoms. The Kier molecular flexibility index (Phi) is 4.35. The summed E-state index contributed by atoms with van der Waals surface area (Å²) in [5.41, 5.74) is 1.18. The summed E-state index contributed by atoms with van der Waals surface area (Å²) in [4.78, 5) is 0. The highest BCUT2D eigenvalue weighted by Gasteiger charge is 2.14. The fourth-order valence-electron chi connectivity index (χ4n) is 1.29. The quantitative estimate of drug-likeness (QED) is 0.855. The van der Waals surface area contributed by atoms with Gasteiger partial charge in [0.15, 0.2) is 9.84 Å². The van der Waals surface area contributed by atoms with Gasteiger partial charge >= 0.3 is 0 Å². The first-order valence-corrected chi connectivity index (χ1v) is 7.14. The molecule has 1 aromatic heterocycles. The molecule has 0 amide bonds. The molecule has 1 N–H and O–H groups in total. The van der Waals surface area contributed by atoms with Gasteiger partial charge in [0.25, 0.3) is 0 Å². The molecule has 0 aromatic carbocycles. The Labute approximate surface area is 100.0 Å². The van der Waals surface area contributed by atoms with E-state index in [-0.39, 0.29) is 24.7 Å². The molecule has 0 spiro atoms. The summed E-state index contributed by atoms with van der Waals surface area (Å²) in [6.45, 7) is 3.35. The van der Waals surface area contributed by atoms with Gasteiger partial charge in [0.1, 0.15) is 5.15 Å². The normalized spacial score (nSPS) is 12.0. The van der Waals surface area contributed by atoms with Crippen LogP contribution >= 0.6 is 11.6 Å². The van der Waals surface area contributed by atoms with Crippen LogP contribution in [0.5, 0.6) is 0 Å². The van der Waals surface area contributed by atoms with Crippen LogP contribution in [0, 0.1) is 6.92 Å². The fourth-order valence-corrected chi connectivity index (χ4v) is 2.35. The molecule has 1 rings (SSSR count). The van der Waals surface area contributed by atoms with Crippen molar-refractivity contribution in [3.8, 4) is 0 Å². The maximum Gasteiger partial charge on any atom is 0.151 e. The van der Waals surface area contributed by atoms with Crippen molar-refractivity contribution in [3.05, 3.63) is 16.4 Å². The van der Waals surface area contributed by atoms with Crippen LogP contribution in [0.1, 0.15) is 18.2 Å². The molecule has 0 atom stereocenters. The van der Waals surface area contributed by atoms with E-state index in [0.29, 0.717) is 16.4 Å². The summed E-state index contributed by atoms with van der Waals surface area (Å²) in [6, 6.07) is 0. The Balaban J connectivity index is 2.83. The summed E-state index contributed by atoms with van der Waals surface area (Å²) in [5, 5.41) is 13.4. The number of halogens is 1. The van der Waals surface area contributed by atoms with Gasteiger partial charge in [0, 0.05) is 11.3 Å². The number of aliphatic hydroxyl groups excluding tert-OH is 1. The molecule has 0 fully saturated rings. The second-order valence-electron chi connectivity index (χ2n) is 3.47. The fraction of sp³-hybridized carbons (Fsp3) is 0.667. The largest absolute Gasteiger partial charge is 0.391 e. The van der Waals surface area contributed by atoms with Gasteiger partial charge in [-0.3, -0.25) is 4.68 Å². The van der Waals surface area contributed by atoms with E-state index in [1.54, 1.807) is 13.8 Å². The summed E-state index contributed by atoms with van der Waals surface area (Å²) in [6.07, 6.45) is 0. The number of rotatable bonds is 5. The molecule has 16 heavy (non-hydrogen) atoms. The molecule has 1 heterocycles. The number of hydrogen-bond acceptors (Lipinski definition) is 4. The number of aliphatic hydroxyl groups is 1. The van der Waals surface area contributed by atoms with Crippen LogP contribution in [0.15, 0.2) is 0 Å². The van der Waals surface area contributed by atoms with Gasteiger partial charge < -0.3 is 5.11 Å². The van der Waals surface area contributed by atoms with Gasteiger partial charge in [-0.2, -0.15) is 5.10 Å². The van der Waals surface area contributed by atoms with Crippen LogP contribution in [-0.4, -0.2) is 34.8 Å². The number of aryl methyl sites for hydroxylation is 2. The standard InChI is InChI=1S/C9H15ClN2O3S/c1-3-16(14,15)5-4-12-9(10)8(6-13)7(2)11-12/h13H,3-6H2,1-2H3. The maximum absolute atomic E-state index is 11.3. The topological polar surface area (TPSA) is 72.2 Å². The lowest BCUT2D eigenvalue weighted by Gasteiger charge is -2.03. The SMILES string of the molecule is CCS(=O)(=O)CCn1nc(C)c(CO)c1Cl.